The van der Waals surface area contributed by atoms with Crippen LogP contribution < -0.4 is 0 Å². The van der Waals surface area contributed by atoms with Crippen LogP contribution in [0.25, 0.3) is 5.69 Å². The molecule has 1 amide bonds. The average Bonchev–Trinajstić information content (AvgIpc) is 3.29. The van der Waals surface area contributed by atoms with E-state index in [0.29, 0.717) is 19.4 Å². The minimum atomic E-state index is -3.80. The first-order valence-corrected chi connectivity index (χ1v) is 12.4. The highest BCUT2D eigenvalue weighted by Gasteiger charge is 2.33. The van der Waals surface area contributed by atoms with Crippen molar-refractivity contribution < 1.29 is 17.6 Å². The summed E-state index contributed by atoms with van der Waals surface area (Å²) in [6.45, 7) is 0.847. The number of hydrogen-bond donors (Lipinski definition) is 0. The van der Waals surface area contributed by atoms with Gasteiger partial charge in [-0.15, -0.1) is 0 Å². The number of carbonyl (C=O) groups is 1. The fourth-order valence-corrected chi connectivity index (χ4v) is 5.70. The predicted molar refractivity (Wildman–Crippen MR) is 123 cm³/mol. The zero-order valence-corrected chi connectivity index (χ0v) is 19.6. The second-order valence-electron chi connectivity index (χ2n) is 8.08. The summed E-state index contributed by atoms with van der Waals surface area (Å²) in [7, 11) is -2.05. The fraction of sp³-hybridized carbons (Fsp3) is 0.304. The minimum absolute atomic E-state index is 0.0238. The fourth-order valence-electron chi connectivity index (χ4n) is 3.96. The molecule has 0 unspecified atom stereocenters. The number of carbonyl (C=O) groups excluding carboxylic acids is 1. The molecule has 1 aliphatic heterocycles. The second kappa shape index (κ2) is 9.62. The molecule has 2 heterocycles. The Balaban J connectivity index is 1.35. The van der Waals surface area contributed by atoms with Crippen LogP contribution in [0.4, 0.5) is 4.39 Å². The molecule has 1 aliphatic rings. The predicted octanol–water partition coefficient (Wildman–Crippen LogP) is 3.72. The van der Waals surface area contributed by atoms with Gasteiger partial charge in [-0.2, -0.15) is 9.40 Å². The van der Waals surface area contributed by atoms with Gasteiger partial charge in [-0.25, -0.2) is 17.5 Å². The number of benzene rings is 2. The summed E-state index contributed by atoms with van der Waals surface area (Å²) in [5, 5.41) is 4.12. The Morgan fingerprint density at radius 2 is 1.88 bits per heavy atom. The summed E-state index contributed by atoms with van der Waals surface area (Å²) in [5.41, 5.74) is 1.84. The summed E-state index contributed by atoms with van der Waals surface area (Å²) in [6.07, 6.45) is 4.46. The first-order chi connectivity index (χ1) is 15.8. The Hall–Kier alpha value is -2.75. The first-order valence-electron chi connectivity index (χ1n) is 10.5. The maximum atomic E-state index is 13.4. The van der Waals surface area contributed by atoms with Crippen molar-refractivity contribution in [3.05, 3.63) is 77.3 Å². The molecule has 4 rings (SSSR count). The maximum Gasteiger partial charge on any atom is 0.243 e. The summed E-state index contributed by atoms with van der Waals surface area (Å²) in [6, 6.07) is 13.1. The zero-order valence-electron chi connectivity index (χ0n) is 18.1. The molecule has 2 aromatic carbocycles. The lowest BCUT2D eigenvalue weighted by molar-refractivity contribution is -0.135. The molecule has 3 aromatic rings. The molecular formula is C23H24ClFN4O3S. The number of aromatic nitrogens is 2. The van der Waals surface area contributed by atoms with Gasteiger partial charge < -0.3 is 4.90 Å². The van der Waals surface area contributed by atoms with Crippen LogP contribution in [0, 0.1) is 11.7 Å². The molecule has 0 atom stereocenters. The van der Waals surface area contributed by atoms with Crippen LogP contribution in [-0.4, -0.2) is 53.4 Å². The third-order valence-electron chi connectivity index (χ3n) is 5.78. The topological polar surface area (TPSA) is 75.5 Å². The van der Waals surface area contributed by atoms with E-state index in [4.69, 9.17) is 11.6 Å². The van der Waals surface area contributed by atoms with Crippen LogP contribution in [0.5, 0.6) is 0 Å². The Kier molecular flexibility index (Phi) is 6.83. The van der Waals surface area contributed by atoms with Crippen LogP contribution in [0.1, 0.15) is 18.4 Å². The molecule has 0 spiro atoms. The molecule has 174 valence electrons. The molecule has 0 bridgehead atoms. The quantitative estimate of drug-likeness (QED) is 0.527. The molecule has 1 aromatic heterocycles. The van der Waals surface area contributed by atoms with E-state index in [1.807, 2.05) is 36.5 Å². The van der Waals surface area contributed by atoms with Gasteiger partial charge in [0.05, 0.1) is 21.8 Å². The first kappa shape index (κ1) is 23.4. The Morgan fingerprint density at radius 1 is 1.18 bits per heavy atom. The monoisotopic (exact) mass is 490 g/mol. The number of rotatable bonds is 6. The average molecular weight is 491 g/mol. The second-order valence-corrected chi connectivity index (χ2v) is 10.4. The van der Waals surface area contributed by atoms with Crippen molar-refractivity contribution in [1.82, 2.24) is 19.0 Å². The molecule has 0 saturated carbocycles. The number of sulfonamides is 1. The van der Waals surface area contributed by atoms with Gasteiger partial charge in [0, 0.05) is 44.4 Å². The summed E-state index contributed by atoms with van der Waals surface area (Å²) < 4.78 is 42.2. The number of para-hydroxylation sites is 1. The molecule has 7 nitrogen and oxygen atoms in total. The number of hydrogen-bond acceptors (Lipinski definition) is 4. The van der Waals surface area contributed by atoms with Gasteiger partial charge in [-0.05, 0) is 43.2 Å². The van der Waals surface area contributed by atoms with Gasteiger partial charge in [-0.1, -0.05) is 29.8 Å². The SMILES string of the molecule is CN(Cc1cnn(-c2ccccc2)c1)C(=O)C1CCN(S(=O)(=O)c2ccc(F)c(Cl)c2)CC1. The maximum absolute atomic E-state index is 13.4. The van der Waals surface area contributed by atoms with Gasteiger partial charge in [0.25, 0.3) is 0 Å². The van der Waals surface area contributed by atoms with E-state index in [9.17, 15) is 17.6 Å². The molecular weight excluding hydrogens is 467 g/mol. The molecule has 1 fully saturated rings. The van der Waals surface area contributed by atoms with Crippen LogP contribution in [0.15, 0.2) is 65.8 Å². The van der Waals surface area contributed by atoms with Crippen molar-refractivity contribution in [1.29, 1.82) is 0 Å². The van der Waals surface area contributed by atoms with E-state index in [-0.39, 0.29) is 34.8 Å². The van der Waals surface area contributed by atoms with Gasteiger partial charge in [0.2, 0.25) is 15.9 Å². The third kappa shape index (κ3) is 5.10. The van der Waals surface area contributed by atoms with Crippen molar-refractivity contribution >= 4 is 27.5 Å². The smallest absolute Gasteiger partial charge is 0.243 e. The van der Waals surface area contributed by atoms with E-state index in [2.05, 4.69) is 5.10 Å². The summed E-state index contributed by atoms with van der Waals surface area (Å²) in [5.74, 6) is -0.955. The Labute approximate surface area is 197 Å². The van der Waals surface area contributed by atoms with Crippen LogP contribution in [0.2, 0.25) is 5.02 Å². The highest BCUT2D eigenvalue weighted by molar-refractivity contribution is 7.89. The van der Waals surface area contributed by atoms with E-state index < -0.39 is 15.8 Å². The number of halogens is 2. The minimum Gasteiger partial charge on any atom is -0.341 e. The van der Waals surface area contributed by atoms with E-state index in [1.165, 1.54) is 10.4 Å². The molecule has 0 radical (unpaired) electrons. The molecule has 10 heteroatoms. The van der Waals surface area contributed by atoms with Crippen molar-refractivity contribution in [3.8, 4) is 5.69 Å². The molecule has 1 saturated heterocycles. The van der Waals surface area contributed by atoms with Gasteiger partial charge in [0.15, 0.2) is 0 Å². The van der Waals surface area contributed by atoms with Crippen LogP contribution in [-0.2, 0) is 21.4 Å². The largest absolute Gasteiger partial charge is 0.341 e. The highest BCUT2D eigenvalue weighted by Crippen LogP contribution is 2.27. The van der Waals surface area contributed by atoms with Gasteiger partial charge >= 0.3 is 0 Å². The lowest BCUT2D eigenvalue weighted by atomic mass is 9.96. The highest BCUT2D eigenvalue weighted by atomic mass is 35.5. The third-order valence-corrected chi connectivity index (χ3v) is 7.97. The molecule has 33 heavy (non-hydrogen) atoms. The van der Waals surface area contributed by atoms with Gasteiger partial charge in [0.1, 0.15) is 5.82 Å². The van der Waals surface area contributed by atoms with Crippen molar-refractivity contribution in [2.45, 2.75) is 24.3 Å². The normalized spacial score (nSPS) is 15.5. The van der Waals surface area contributed by atoms with E-state index in [1.54, 1.807) is 22.8 Å². The zero-order chi connectivity index (χ0) is 23.6. The van der Waals surface area contributed by atoms with Crippen molar-refractivity contribution in [3.63, 3.8) is 0 Å². The number of nitrogens with zero attached hydrogens (tertiary/aromatic N) is 4. The number of amides is 1. The standard InChI is InChI=1S/C23H24ClFN4O3S/c1-27(15-17-14-26-29(16-17)19-5-3-2-4-6-19)23(30)18-9-11-28(12-10-18)33(31,32)20-7-8-22(25)21(24)13-20/h2-8,13-14,16,18H,9-12,15H2,1H3. The molecule has 0 N–H and O–H groups in total. The lowest BCUT2D eigenvalue weighted by Gasteiger charge is -2.32. The van der Waals surface area contributed by atoms with Crippen molar-refractivity contribution in [2.75, 3.05) is 20.1 Å². The van der Waals surface area contributed by atoms with Crippen molar-refractivity contribution in [2.24, 2.45) is 5.92 Å². The Bertz CT molecular complexity index is 1240. The van der Waals surface area contributed by atoms with Crippen LogP contribution in [0.3, 0.4) is 0 Å². The number of piperidine rings is 1. The van der Waals surface area contributed by atoms with Gasteiger partial charge in [-0.3, -0.25) is 4.79 Å². The molecule has 0 aliphatic carbocycles. The summed E-state index contributed by atoms with van der Waals surface area (Å²) in [4.78, 5) is 14.6. The van der Waals surface area contributed by atoms with E-state index >= 15 is 0 Å². The Morgan fingerprint density at radius 3 is 2.55 bits per heavy atom. The summed E-state index contributed by atoms with van der Waals surface area (Å²) >= 11 is 5.75. The van der Waals surface area contributed by atoms with E-state index in [0.717, 1.165) is 23.4 Å². The van der Waals surface area contributed by atoms with Crippen LogP contribution >= 0.6 is 11.6 Å². The lowest BCUT2D eigenvalue weighted by Crippen LogP contribution is -2.43.